The maximum Gasteiger partial charge on any atom is 0.573 e. The van der Waals surface area contributed by atoms with Crippen LogP contribution in [-0.4, -0.2) is 55.1 Å². The number of ether oxygens (including phenoxy) is 2. The molecule has 0 saturated carbocycles. The minimum Gasteiger partial charge on any atom is -0.405 e. The Morgan fingerprint density at radius 1 is 1.12 bits per heavy atom. The van der Waals surface area contributed by atoms with Crippen LogP contribution < -0.4 is 10.1 Å². The number of benzene rings is 2. The second kappa shape index (κ2) is 8.84. The first-order valence-corrected chi connectivity index (χ1v) is 10.2. The number of hydrogen-bond donors (Lipinski definition) is 2. The molecule has 2 unspecified atom stereocenters. The molecule has 3 aromatic rings. The number of alkyl halides is 3. The highest BCUT2D eigenvalue weighted by Gasteiger charge is 2.33. The third kappa shape index (κ3) is 4.73. The first-order valence-electron chi connectivity index (χ1n) is 10.2. The van der Waals surface area contributed by atoms with E-state index >= 15 is 0 Å². The lowest BCUT2D eigenvalue weighted by Gasteiger charge is -2.16. The monoisotopic (exact) mass is 446 g/mol. The summed E-state index contributed by atoms with van der Waals surface area (Å²) in [6, 6.07) is 12.0. The van der Waals surface area contributed by atoms with Crippen molar-refractivity contribution in [3.8, 4) is 28.1 Å². The van der Waals surface area contributed by atoms with Crippen LogP contribution in [0.15, 0.2) is 48.7 Å². The van der Waals surface area contributed by atoms with Crippen molar-refractivity contribution in [1.29, 1.82) is 0 Å². The predicted octanol–water partition coefficient (Wildman–Crippen LogP) is 5.08. The molecule has 0 bridgehead atoms. The molecule has 1 aromatic heterocycles. The van der Waals surface area contributed by atoms with Crippen LogP contribution in [0.3, 0.4) is 0 Å². The Hall–Kier alpha value is -3.04. The Balaban J connectivity index is 1.58. The van der Waals surface area contributed by atoms with E-state index in [4.69, 9.17) is 9.72 Å². The van der Waals surface area contributed by atoms with Crippen LogP contribution in [0.2, 0.25) is 0 Å². The van der Waals surface area contributed by atoms with Crippen molar-refractivity contribution >= 4 is 5.69 Å². The van der Waals surface area contributed by atoms with Crippen LogP contribution in [0.5, 0.6) is 5.75 Å². The Morgan fingerprint density at radius 2 is 1.84 bits per heavy atom. The molecule has 0 aliphatic carbocycles. The van der Waals surface area contributed by atoms with Crippen molar-refractivity contribution in [2.75, 3.05) is 33.1 Å². The summed E-state index contributed by atoms with van der Waals surface area (Å²) in [6.07, 6.45) is -1.89. The molecule has 6 nitrogen and oxygen atoms in total. The summed E-state index contributed by atoms with van der Waals surface area (Å²) in [5.41, 5.74) is 3.14. The zero-order valence-electron chi connectivity index (χ0n) is 18.0. The highest BCUT2D eigenvalue weighted by atomic mass is 19.4. The number of nitrogens with zero attached hydrogens (tertiary/aromatic N) is 2. The molecule has 0 amide bonds. The zero-order chi connectivity index (χ0) is 22.9. The summed E-state index contributed by atoms with van der Waals surface area (Å²) in [4.78, 5) is 10.2. The molecule has 2 N–H and O–H groups in total. The quantitative estimate of drug-likeness (QED) is 0.553. The number of likely N-dealkylation sites (N-methyl/N-ethyl adjacent to an activating group) is 1. The third-order valence-electron chi connectivity index (χ3n) is 5.74. The van der Waals surface area contributed by atoms with E-state index in [0.29, 0.717) is 16.8 Å². The van der Waals surface area contributed by atoms with Crippen molar-refractivity contribution in [3.05, 3.63) is 54.5 Å². The van der Waals surface area contributed by atoms with Gasteiger partial charge in [0.25, 0.3) is 0 Å². The number of hydrogen-bond acceptors (Lipinski definition) is 5. The number of rotatable bonds is 6. The Bertz CT molecular complexity index is 1070. The SMILES string of the molecule is CNc1ccc(-c2ccc(-c3c[nH]c(C4CC(OC)CN4C)n3)cc2)c(OC(F)(F)F)c1. The summed E-state index contributed by atoms with van der Waals surface area (Å²) in [7, 11) is 5.39. The summed E-state index contributed by atoms with van der Waals surface area (Å²) in [5, 5.41) is 2.83. The maximum absolute atomic E-state index is 12.9. The van der Waals surface area contributed by atoms with Crippen molar-refractivity contribution in [1.82, 2.24) is 14.9 Å². The summed E-state index contributed by atoms with van der Waals surface area (Å²) >= 11 is 0. The van der Waals surface area contributed by atoms with E-state index in [2.05, 4.69) is 19.9 Å². The van der Waals surface area contributed by atoms with Gasteiger partial charge in [-0.1, -0.05) is 24.3 Å². The van der Waals surface area contributed by atoms with Gasteiger partial charge in [-0.3, -0.25) is 4.90 Å². The van der Waals surface area contributed by atoms with Crippen molar-refractivity contribution in [3.63, 3.8) is 0 Å². The average Bonchev–Trinajstić information content (AvgIpc) is 3.39. The second-order valence-electron chi connectivity index (χ2n) is 7.81. The number of imidazole rings is 1. The molecule has 2 heterocycles. The Labute approximate surface area is 184 Å². The topological polar surface area (TPSA) is 62.4 Å². The van der Waals surface area contributed by atoms with Crippen LogP contribution >= 0.6 is 0 Å². The molecular formula is C23H25F3N4O2. The highest BCUT2D eigenvalue weighted by molar-refractivity contribution is 5.75. The number of likely N-dealkylation sites (tertiary alicyclic amines) is 1. The molecule has 170 valence electrons. The summed E-state index contributed by atoms with van der Waals surface area (Å²) in [6.45, 7) is 0.848. The molecule has 1 aliphatic rings. The molecule has 2 aromatic carbocycles. The lowest BCUT2D eigenvalue weighted by Crippen LogP contribution is -2.20. The molecular weight excluding hydrogens is 421 g/mol. The van der Waals surface area contributed by atoms with Gasteiger partial charge in [0.2, 0.25) is 0 Å². The van der Waals surface area contributed by atoms with Crippen molar-refractivity contribution in [2.24, 2.45) is 0 Å². The summed E-state index contributed by atoms with van der Waals surface area (Å²) in [5.74, 6) is 0.616. The smallest absolute Gasteiger partial charge is 0.405 e. The van der Waals surface area contributed by atoms with E-state index < -0.39 is 6.36 Å². The van der Waals surface area contributed by atoms with Crippen LogP contribution in [0.4, 0.5) is 18.9 Å². The van der Waals surface area contributed by atoms with Gasteiger partial charge >= 0.3 is 6.36 Å². The van der Waals surface area contributed by atoms with Gasteiger partial charge in [-0.2, -0.15) is 0 Å². The molecule has 1 aliphatic heterocycles. The van der Waals surface area contributed by atoms with Gasteiger partial charge in [-0.15, -0.1) is 13.2 Å². The fraction of sp³-hybridized carbons (Fsp3) is 0.348. The van der Waals surface area contributed by atoms with Crippen molar-refractivity contribution in [2.45, 2.75) is 24.9 Å². The molecule has 0 spiro atoms. The van der Waals surface area contributed by atoms with Gasteiger partial charge in [-0.05, 0) is 31.2 Å². The molecule has 1 fully saturated rings. The number of nitrogens with one attached hydrogen (secondary N) is 2. The van der Waals surface area contributed by atoms with E-state index in [9.17, 15) is 13.2 Å². The fourth-order valence-corrected chi connectivity index (χ4v) is 4.04. The zero-order valence-corrected chi connectivity index (χ0v) is 18.0. The number of aromatic amines is 1. The van der Waals surface area contributed by atoms with Crippen LogP contribution in [-0.2, 0) is 4.74 Å². The number of aromatic nitrogens is 2. The van der Waals surface area contributed by atoms with E-state index in [1.54, 1.807) is 38.4 Å². The molecule has 2 atom stereocenters. The van der Waals surface area contributed by atoms with E-state index in [0.717, 1.165) is 30.0 Å². The Morgan fingerprint density at radius 3 is 2.47 bits per heavy atom. The summed E-state index contributed by atoms with van der Waals surface area (Å²) < 4.78 is 48.4. The number of methoxy groups -OCH3 is 1. The van der Waals surface area contributed by atoms with E-state index in [-0.39, 0.29) is 17.9 Å². The van der Waals surface area contributed by atoms with Gasteiger partial charge in [0.05, 0.1) is 17.8 Å². The third-order valence-corrected chi connectivity index (χ3v) is 5.74. The molecule has 32 heavy (non-hydrogen) atoms. The van der Waals surface area contributed by atoms with Gasteiger partial charge in [0.15, 0.2) is 0 Å². The van der Waals surface area contributed by atoms with Crippen LogP contribution in [0.25, 0.3) is 22.4 Å². The molecule has 1 saturated heterocycles. The van der Waals surface area contributed by atoms with Crippen LogP contribution in [0.1, 0.15) is 18.3 Å². The van der Waals surface area contributed by atoms with Gasteiger partial charge < -0.3 is 19.8 Å². The molecule has 4 rings (SSSR count). The van der Waals surface area contributed by atoms with Gasteiger partial charge in [0, 0.05) is 49.8 Å². The highest BCUT2D eigenvalue weighted by Crippen LogP contribution is 2.37. The second-order valence-corrected chi connectivity index (χ2v) is 7.81. The molecule has 9 heteroatoms. The minimum absolute atomic E-state index is 0.153. The van der Waals surface area contributed by atoms with Crippen LogP contribution in [0, 0.1) is 0 Å². The first-order chi connectivity index (χ1) is 15.3. The number of H-pyrrole nitrogens is 1. The standard InChI is InChI=1S/C23H25F3N4O2/c1-27-16-8-9-18(21(10-16)32-23(24,25)26)14-4-6-15(7-5-14)19-12-28-22(29-19)20-11-17(31-3)13-30(20)2/h4-10,12,17,20,27H,11,13H2,1-3H3,(H,28,29). The van der Waals surface area contributed by atoms with E-state index in [1.165, 1.54) is 6.07 Å². The predicted molar refractivity (Wildman–Crippen MR) is 116 cm³/mol. The lowest BCUT2D eigenvalue weighted by atomic mass is 10.0. The number of halogens is 3. The number of anilines is 1. The first kappa shape index (κ1) is 22.2. The van der Waals surface area contributed by atoms with Crippen molar-refractivity contribution < 1.29 is 22.6 Å². The Kier molecular flexibility index (Phi) is 6.12. The molecule has 0 radical (unpaired) electrons. The van der Waals surface area contributed by atoms with Gasteiger partial charge in [0.1, 0.15) is 11.6 Å². The maximum atomic E-state index is 12.9. The fourth-order valence-electron chi connectivity index (χ4n) is 4.04. The normalized spacial score (nSPS) is 19.3. The van der Waals surface area contributed by atoms with Gasteiger partial charge in [-0.25, -0.2) is 4.98 Å². The minimum atomic E-state index is -4.78. The van der Waals surface area contributed by atoms with E-state index in [1.807, 2.05) is 25.4 Å². The lowest BCUT2D eigenvalue weighted by molar-refractivity contribution is -0.274. The largest absolute Gasteiger partial charge is 0.573 e. The average molecular weight is 446 g/mol.